The van der Waals surface area contributed by atoms with Gasteiger partial charge in [-0.2, -0.15) is 5.10 Å². The van der Waals surface area contributed by atoms with E-state index in [0.717, 1.165) is 5.56 Å². The first-order chi connectivity index (χ1) is 14.5. The number of carbonyl (C=O) groups excluding carboxylic acids is 2. The molecule has 0 radical (unpaired) electrons. The first-order valence-electron chi connectivity index (χ1n) is 9.30. The van der Waals surface area contributed by atoms with Crippen LogP contribution in [0.1, 0.15) is 22.5 Å². The number of hydrogen-bond acceptors (Lipinski definition) is 6. The number of fused-ring (bicyclic) bond motifs is 1. The van der Waals surface area contributed by atoms with E-state index in [0.29, 0.717) is 18.7 Å². The van der Waals surface area contributed by atoms with Crippen LogP contribution in [-0.2, 0) is 11.2 Å². The topological polar surface area (TPSA) is 97.3 Å². The van der Waals surface area contributed by atoms with Crippen LogP contribution in [0.15, 0.2) is 54.9 Å². The van der Waals surface area contributed by atoms with Crippen LogP contribution in [0.3, 0.4) is 0 Å². The van der Waals surface area contributed by atoms with Crippen molar-refractivity contribution >= 4 is 17.6 Å². The van der Waals surface area contributed by atoms with Crippen molar-refractivity contribution in [1.82, 2.24) is 20.5 Å². The number of aryl methyl sites for hydroxylation is 1. The second-order valence-corrected chi connectivity index (χ2v) is 6.76. The largest absolute Gasteiger partial charge is 0.453 e. The molecule has 0 aliphatic carbocycles. The number of nitrogens with zero attached hydrogens (tertiary/aromatic N) is 4. The SMILES string of the molecule is CN1C(=O)[C@@H](NC(=O)c2cc(Oc3ccccc3F)cnn2)CCc2cccnc21. The Morgan fingerprint density at radius 3 is 2.93 bits per heavy atom. The Hall–Kier alpha value is -3.88. The van der Waals surface area contributed by atoms with Gasteiger partial charge in [0.25, 0.3) is 5.91 Å². The zero-order valence-electron chi connectivity index (χ0n) is 16.1. The second-order valence-electron chi connectivity index (χ2n) is 6.76. The predicted molar refractivity (Wildman–Crippen MR) is 106 cm³/mol. The van der Waals surface area contributed by atoms with Crippen LogP contribution in [0, 0.1) is 5.82 Å². The van der Waals surface area contributed by atoms with Crippen molar-refractivity contribution in [3.05, 3.63) is 71.9 Å². The van der Waals surface area contributed by atoms with Gasteiger partial charge in [0.1, 0.15) is 17.6 Å². The Bertz CT molecular complexity index is 1110. The van der Waals surface area contributed by atoms with Gasteiger partial charge < -0.3 is 10.1 Å². The zero-order valence-corrected chi connectivity index (χ0v) is 16.1. The van der Waals surface area contributed by atoms with Crippen molar-refractivity contribution in [3.8, 4) is 11.5 Å². The maximum Gasteiger partial charge on any atom is 0.272 e. The smallest absolute Gasteiger partial charge is 0.272 e. The van der Waals surface area contributed by atoms with Crippen molar-refractivity contribution in [2.75, 3.05) is 11.9 Å². The van der Waals surface area contributed by atoms with E-state index in [4.69, 9.17) is 4.74 Å². The minimum absolute atomic E-state index is 0.00249. The first-order valence-corrected chi connectivity index (χ1v) is 9.30. The molecule has 2 aromatic heterocycles. The van der Waals surface area contributed by atoms with Gasteiger partial charge in [-0.25, -0.2) is 9.37 Å². The fourth-order valence-electron chi connectivity index (χ4n) is 3.23. The van der Waals surface area contributed by atoms with Crippen molar-refractivity contribution in [1.29, 1.82) is 0 Å². The van der Waals surface area contributed by atoms with E-state index in [2.05, 4.69) is 20.5 Å². The molecule has 3 aromatic rings. The van der Waals surface area contributed by atoms with E-state index in [1.807, 2.05) is 12.1 Å². The highest BCUT2D eigenvalue weighted by atomic mass is 19.1. The number of halogens is 1. The Labute approximate surface area is 171 Å². The number of ether oxygens (including phenoxy) is 1. The molecule has 152 valence electrons. The van der Waals surface area contributed by atoms with Crippen LogP contribution in [0.25, 0.3) is 0 Å². The molecular weight excluding hydrogens is 389 g/mol. The lowest BCUT2D eigenvalue weighted by Gasteiger charge is -2.21. The number of anilines is 1. The maximum absolute atomic E-state index is 13.8. The number of hydrogen-bond donors (Lipinski definition) is 1. The summed E-state index contributed by atoms with van der Waals surface area (Å²) < 4.78 is 19.2. The normalized spacial score (nSPS) is 15.9. The lowest BCUT2D eigenvalue weighted by atomic mass is 10.1. The fourth-order valence-corrected chi connectivity index (χ4v) is 3.23. The van der Waals surface area contributed by atoms with Crippen molar-refractivity contribution in [2.45, 2.75) is 18.9 Å². The van der Waals surface area contributed by atoms with Crippen LogP contribution in [0.5, 0.6) is 11.5 Å². The number of aromatic nitrogens is 3. The molecule has 0 bridgehead atoms. The van der Waals surface area contributed by atoms with Crippen molar-refractivity contribution < 1.29 is 18.7 Å². The Morgan fingerprint density at radius 2 is 2.10 bits per heavy atom. The number of amides is 2. The van der Waals surface area contributed by atoms with Gasteiger partial charge in [0.2, 0.25) is 5.91 Å². The summed E-state index contributed by atoms with van der Waals surface area (Å²) in [4.78, 5) is 31.2. The highest BCUT2D eigenvalue weighted by Crippen LogP contribution is 2.25. The molecule has 1 atom stereocenters. The van der Waals surface area contributed by atoms with Gasteiger partial charge in [0, 0.05) is 19.3 Å². The van der Waals surface area contributed by atoms with Gasteiger partial charge in [-0.05, 0) is 36.6 Å². The third-order valence-corrected chi connectivity index (χ3v) is 4.75. The van der Waals surface area contributed by atoms with Gasteiger partial charge in [0.05, 0.1) is 6.20 Å². The average Bonchev–Trinajstić information content (AvgIpc) is 2.88. The van der Waals surface area contributed by atoms with Crippen LogP contribution >= 0.6 is 0 Å². The summed E-state index contributed by atoms with van der Waals surface area (Å²) in [6.07, 6.45) is 3.91. The van der Waals surface area contributed by atoms with Gasteiger partial charge >= 0.3 is 0 Å². The summed E-state index contributed by atoms with van der Waals surface area (Å²) in [7, 11) is 1.63. The second kappa shape index (κ2) is 8.24. The number of likely N-dealkylation sites (N-methyl/N-ethyl adjacent to an activating group) is 1. The molecule has 1 aliphatic rings. The minimum atomic E-state index is -0.741. The van der Waals surface area contributed by atoms with Gasteiger partial charge in [-0.1, -0.05) is 18.2 Å². The predicted octanol–water partition coefficient (Wildman–Crippen LogP) is 2.51. The van der Waals surface area contributed by atoms with E-state index in [1.165, 1.54) is 29.3 Å². The lowest BCUT2D eigenvalue weighted by Crippen LogP contribution is -2.47. The van der Waals surface area contributed by atoms with Crippen LogP contribution in [-0.4, -0.2) is 40.1 Å². The van der Waals surface area contributed by atoms with Gasteiger partial charge in [-0.15, -0.1) is 5.10 Å². The van der Waals surface area contributed by atoms with Gasteiger partial charge in [-0.3, -0.25) is 14.5 Å². The molecule has 3 heterocycles. The van der Waals surface area contributed by atoms with E-state index < -0.39 is 17.8 Å². The standard InChI is InChI=1S/C21H18FN5O3/c1-27-19-13(5-4-10-23-19)8-9-16(21(27)29)25-20(28)17-11-14(12-24-26-17)30-18-7-3-2-6-15(18)22/h2-7,10-12,16H,8-9H2,1H3,(H,25,28)/t16-/m0/s1. The molecule has 0 saturated carbocycles. The molecule has 8 nitrogen and oxygen atoms in total. The van der Waals surface area contributed by atoms with E-state index in [-0.39, 0.29) is 23.1 Å². The summed E-state index contributed by atoms with van der Waals surface area (Å²) in [6, 6.07) is 10.2. The fraction of sp³-hybridized carbons (Fsp3) is 0.190. The molecule has 0 unspecified atom stereocenters. The number of benzene rings is 1. The molecular formula is C21H18FN5O3. The maximum atomic E-state index is 13.8. The first kappa shape index (κ1) is 19.4. The Kier molecular flexibility index (Phi) is 5.34. The summed E-state index contributed by atoms with van der Waals surface area (Å²) >= 11 is 0. The highest BCUT2D eigenvalue weighted by molar-refractivity contribution is 6.01. The molecule has 1 N–H and O–H groups in total. The number of pyridine rings is 1. The van der Waals surface area contributed by atoms with Crippen LogP contribution in [0.2, 0.25) is 0 Å². The van der Waals surface area contributed by atoms with Crippen molar-refractivity contribution in [2.24, 2.45) is 0 Å². The number of carbonyl (C=O) groups is 2. The highest BCUT2D eigenvalue weighted by Gasteiger charge is 2.30. The van der Waals surface area contributed by atoms with Crippen LogP contribution < -0.4 is 15.0 Å². The molecule has 0 saturated heterocycles. The number of nitrogens with one attached hydrogen (secondary N) is 1. The van der Waals surface area contributed by atoms with E-state index in [9.17, 15) is 14.0 Å². The summed E-state index contributed by atoms with van der Waals surface area (Å²) in [6.45, 7) is 0. The number of rotatable bonds is 4. The van der Waals surface area contributed by atoms with Gasteiger partial charge in [0.15, 0.2) is 17.3 Å². The van der Waals surface area contributed by atoms with Crippen LogP contribution in [0.4, 0.5) is 10.2 Å². The quantitative estimate of drug-likeness (QED) is 0.714. The lowest BCUT2D eigenvalue weighted by molar-refractivity contribution is -0.120. The molecule has 0 spiro atoms. The number of para-hydroxylation sites is 1. The molecule has 30 heavy (non-hydrogen) atoms. The molecule has 9 heteroatoms. The molecule has 1 aromatic carbocycles. The molecule has 2 amide bonds. The average molecular weight is 407 g/mol. The molecule has 0 fully saturated rings. The third-order valence-electron chi connectivity index (χ3n) is 4.75. The third kappa shape index (κ3) is 3.95. The summed E-state index contributed by atoms with van der Waals surface area (Å²) in [5.41, 5.74) is 0.893. The minimum Gasteiger partial charge on any atom is -0.453 e. The monoisotopic (exact) mass is 407 g/mol. The molecule has 4 rings (SSSR count). The Morgan fingerprint density at radius 1 is 1.27 bits per heavy atom. The summed E-state index contributed by atoms with van der Waals surface area (Å²) in [5.74, 6) is -0.650. The summed E-state index contributed by atoms with van der Waals surface area (Å²) in [5, 5.41) is 10.3. The van der Waals surface area contributed by atoms with E-state index in [1.54, 1.807) is 25.4 Å². The van der Waals surface area contributed by atoms with Crippen molar-refractivity contribution in [3.63, 3.8) is 0 Å². The molecule has 1 aliphatic heterocycles. The Balaban J connectivity index is 1.49. The van der Waals surface area contributed by atoms with E-state index >= 15 is 0 Å². The zero-order chi connectivity index (χ0) is 21.1.